The molecule has 4 rings (SSSR count). The minimum absolute atomic E-state index is 0.0895. The Balaban J connectivity index is 1.55. The summed E-state index contributed by atoms with van der Waals surface area (Å²) < 4.78 is 1.54. The molecule has 1 aromatic heterocycles. The predicted molar refractivity (Wildman–Crippen MR) is 96.8 cm³/mol. The number of hydrogen-bond donors (Lipinski definition) is 2. The van der Waals surface area contributed by atoms with Crippen molar-refractivity contribution in [2.75, 3.05) is 10.6 Å². The number of rotatable bonds is 3. The quantitative estimate of drug-likeness (QED) is 0.772. The second-order valence-corrected chi connectivity index (χ2v) is 6.09. The molecule has 25 heavy (non-hydrogen) atoms. The van der Waals surface area contributed by atoms with E-state index in [-0.39, 0.29) is 18.2 Å². The van der Waals surface area contributed by atoms with Crippen LogP contribution in [0.1, 0.15) is 23.7 Å². The standard InChI is InChI=1S/C19H18N4O2/c1-2-12-7-9-13(10-8-12)20-18(25)15-11-17(24)23-16-6-4-3-5-14(16)21-19(23)22-15/h3-10,15H,2,11H2,1H3,(H,20,25)(H,21,22)/t15-/m0/s1. The number of amides is 1. The second-order valence-electron chi connectivity index (χ2n) is 6.09. The van der Waals surface area contributed by atoms with Crippen LogP contribution in [0.15, 0.2) is 48.5 Å². The normalized spacial score (nSPS) is 16.4. The monoisotopic (exact) mass is 334 g/mol. The Kier molecular flexibility index (Phi) is 3.72. The lowest BCUT2D eigenvalue weighted by Crippen LogP contribution is -2.42. The SMILES string of the molecule is CCc1ccc(NC(=O)[C@@H]2CC(=O)n3c(nc4ccccc43)N2)cc1. The van der Waals surface area contributed by atoms with Gasteiger partial charge in [0, 0.05) is 5.69 Å². The third-order valence-electron chi connectivity index (χ3n) is 4.44. The van der Waals surface area contributed by atoms with Gasteiger partial charge in [0.2, 0.25) is 17.8 Å². The molecule has 3 aromatic rings. The third kappa shape index (κ3) is 2.76. The van der Waals surface area contributed by atoms with Crippen LogP contribution in [0.2, 0.25) is 0 Å². The van der Waals surface area contributed by atoms with Gasteiger partial charge in [-0.25, -0.2) is 9.55 Å². The lowest BCUT2D eigenvalue weighted by atomic mass is 10.1. The minimum Gasteiger partial charge on any atom is -0.343 e. The molecule has 2 heterocycles. The van der Waals surface area contributed by atoms with E-state index < -0.39 is 6.04 Å². The maximum Gasteiger partial charge on any atom is 0.247 e. The van der Waals surface area contributed by atoms with Crippen molar-refractivity contribution in [3.05, 3.63) is 54.1 Å². The summed E-state index contributed by atoms with van der Waals surface area (Å²) in [5.41, 5.74) is 3.41. The largest absolute Gasteiger partial charge is 0.343 e. The van der Waals surface area contributed by atoms with Gasteiger partial charge in [-0.15, -0.1) is 0 Å². The number of anilines is 2. The highest BCUT2D eigenvalue weighted by Crippen LogP contribution is 2.25. The molecule has 126 valence electrons. The maximum absolute atomic E-state index is 12.5. The van der Waals surface area contributed by atoms with E-state index in [9.17, 15) is 9.59 Å². The molecule has 6 heteroatoms. The van der Waals surface area contributed by atoms with E-state index in [1.807, 2.05) is 48.5 Å². The highest BCUT2D eigenvalue weighted by Gasteiger charge is 2.31. The first-order chi connectivity index (χ1) is 12.2. The summed E-state index contributed by atoms with van der Waals surface area (Å²) in [6.07, 6.45) is 1.04. The van der Waals surface area contributed by atoms with Crippen molar-refractivity contribution in [3.8, 4) is 0 Å². The van der Waals surface area contributed by atoms with E-state index in [4.69, 9.17) is 0 Å². The molecule has 0 saturated heterocycles. The van der Waals surface area contributed by atoms with Crippen molar-refractivity contribution in [2.24, 2.45) is 0 Å². The number of aryl methyl sites for hydroxylation is 1. The first-order valence-corrected chi connectivity index (χ1v) is 8.32. The molecule has 0 unspecified atom stereocenters. The molecule has 1 amide bonds. The zero-order valence-corrected chi connectivity index (χ0v) is 13.8. The number of fused-ring (bicyclic) bond motifs is 3. The number of nitrogens with one attached hydrogen (secondary N) is 2. The van der Waals surface area contributed by atoms with Crippen LogP contribution in [0.25, 0.3) is 11.0 Å². The van der Waals surface area contributed by atoms with Gasteiger partial charge in [-0.1, -0.05) is 31.2 Å². The highest BCUT2D eigenvalue weighted by atomic mass is 16.2. The number of carbonyl (C=O) groups is 2. The maximum atomic E-state index is 12.5. The first kappa shape index (κ1) is 15.4. The molecule has 2 aromatic carbocycles. The van der Waals surface area contributed by atoms with E-state index in [1.54, 1.807) is 0 Å². The lowest BCUT2D eigenvalue weighted by molar-refractivity contribution is -0.117. The average molecular weight is 334 g/mol. The Morgan fingerprint density at radius 3 is 2.76 bits per heavy atom. The van der Waals surface area contributed by atoms with Crippen molar-refractivity contribution in [2.45, 2.75) is 25.8 Å². The summed E-state index contributed by atoms with van der Waals surface area (Å²) in [6, 6.07) is 14.5. The van der Waals surface area contributed by atoms with Gasteiger partial charge >= 0.3 is 0 Å². The summed E-state index contributed by atoms with van der Waals surface area (Å²) in [6.45, 7) is 2.08. The molecule has 0 radical (unpaired) electrons. The molecule has 2 N–H and O–H groups in total. The molecule has 0 aliphatic carbocycles. The van der Waals surface area contributed by atoms with Crippen LogP contribution in [0, 0.1) is 0 Å². The smallest absolute Gasteiger partial charge is 0.247 e. The predicted octanol–water partition coefficient (Wildman–Crippen LogP) is 3.06. The van der Waals surface area contributed by atoms with Crippen molar-refractivity contribution >= 4 is 34.5 Å². The van der Waals surface area contributed by atoms with Gasteiger partial charge in [-0.3, -0.25) is 9.59 Å². The molecular formula is C19H18N4O2. The number of nitrogens with zero attached hydrogens (tertiary/aromatic N) is 2. The topological polar surface area (TPSA) is 76.0 Å². The van der Waals surface area contributed by atoms with E-state index in [0.29, 0.717) is 5.95 Å². The molecule has 0 bridgehead atoms. The summed E-state index contributed by atoms with van der Waals surface area (Å²) in [5.74, 6) is 0.0405. The number of aromatic nitrogens is 2. The van der Waals surface area contributed by atoms with Gasteiger partial charge in [0.15, 0.2) is 0 Å². The number of hydrogen-bond acceptors (Lipinski definition) is 4. The fraction of sp³-hybridized carbons (Fsp3) is 0.211. The van der Waals surface area contributed by atoms with Crippen LogP contribution in [-0.4, -0.2) is 27.4 Å². The van der Waals surface area contributed by atoms with Crippen LogP contribution in [0.5, 0.6) is 0 Å². The second kappa shape index (κ2) is 6.05. The summed E-state index contributed by atoms with van der Waals surface area (Å²) >= 11 is 0. The van der Waals surface area contributed by atoms with Crippen molar-refractivity contribution in [1.29, 1.82) is 0 Å². The summed E-state index contributed by atoms with van der Waals surface area (Å²) in [5, 5.41) is 5.94. The fourth-order valence-electron chi connectivity index (χ4n) is 3.06. The molecule has 1 atom stereocenters. The zero-order chi connectivity index (χ0) is 17.4. The third-order valence-corrected chi connectivity index (χ3v) is 4.44. The van der Waals surface area contributed by atoms with Crippen molar-refractivity contribution in [1.82, 2.24) is 9.55 Å². The molecule has 1 aliphatic rings. The number of imidazole rings is 1. The van der Waals surface area contributed by atoms with Gasteiger partial charge in [-0.05, 0) is 36.2 Å². The first-order valence-electron chi connectivity index (χ1n) is 8.32. The summed E-state index contributed by atoms with van der Waals surface area (Å²) in [7, 11) is 0. The molecule has 6 nitrogen and oxygen atoms in total. The molecule has 1 aliphatic heterocycles. The lowest BCUT2D eigenvalue weighted by Gasteiger charge is -2.23. The van der Waals surface area contributed by atoms with Gasteiger partial charge in [0.25, 0.3) is 0 Å². The highest BCUT2D eigenvalue weighted by molar-refractivity contribution is 6.04. The molecule has 0 spiro atoms. The van der Waals surface area contributed by atoms with Gasteiger partial charge in [0.05, 0.1) is 17.5 Å². The Labute approximate surface area is 144 Å². The minimum atomic E-state index is -0.636. The van der Waals surface area contributed by atoms with E-state index in [1.165, 1.54) is 10.1 Å². The van der Waals surface area contributed by atoms with Crippen molar-refractivity contribution in [3.63, 3.8) is 0 Å². The molecule has 0 saturated carbocycles. The molecule has 0 fully saturated rings. The Morgan fingerprint density at radius 2 is 2.00 bits per heavy atom. The Hall–Kier alpha value is -3.15. The van der Waals surface area contributed by atoms with Crippen LogP contribution in [-0.2, 0) is 11.2 Å². The van der Waals surface area contributed by atoms with Gasteiger partial charge in [0.1, 0.15) is 6.04 Å². The summed E-state index contributed by atoms with van der Waals surface area (Å²) in [4.78, 5) is 29.5. The van der Waals surface area contributed by atoms with Crippen molar-refractivity contribution < 1.29 is 9.59 Å². The fourth-order valence-corrected chi connectivity index (χ4v) is 3.06. The number of carbonyl (C=O) groups excluding carboxylic acids is 2. The van der Waals surface area contributed by atoms with Crippen LogP contribution in [0.4, 0.5) is 11.6 Å². The van der Waals surface area contributed by atoms with Crippen LogP contribution < -0.4 is 10.6 Å². The zero-order valence-electron chi connectivity index (χ0n) is 13.8. The van der Waals surface area contributed by atoms with Crippen LogP contribution >= 0.6 is 0 Å². The Morgan fingerprint density at radius 1 is 1.24 bits per heavy atom. The number of benzene rings is 2. The van der Waals surface area contributed by atoms with E-state index in [0.717, 1.165) is 23.1 Å². The molecular weight excluding hydrogens is 316 g/mol. The van der Waals surface area contributed by atoms with Gasteiger partial charge in [-0.2, -0.15) is 0 Å². The van der Waals surface area contributed by atoms with E-state index in [2.05, 4.69) is 22.5 Å². The van der Waals surface area contributed by atoms with Crippen LogP contribution in [0.3, 0.4) is 0 Å². The van der Waals surface area contributed by atoms with Gasteiger partial charge < -0.3 is 10.6 Å². The number of para-hydroxylation sites is 2. The van der Waals surface area contributed by atoms with E-state index >= 15 is 0 Å². The Bertz CT molecular complexity index is 959. The average Bonchev–Trinajstić information content (AvgIpc) is 3.01.